The van der Waals surface area contributed by atoms with Gasteiger partial charge in [0.25, 0.3) is 0 Å². The minimum absolute atomic E-state index is 0.0239. The summed E-state index contributed by atoms with van der Waals surface area (Å²) in [6, 6.07) is 55.9. The van der Waals surface area contributed by atoms with E-state index in [1.807, 2.05) is 69.3 Å². The van der Waals surface area contributed by atoms with Crippen molar-refractivity contribution in [3.05, 3.63) is 194 Å². The molecule has 0 atom stereocenters. The summed E-state index contributed by atoms with van der Waals surface area (Å²) < 4.78 is 32.6. The first kappa shape index (κ1) is 81.4. The molecule has 3 saturated carbocycles. The standard InChI is InChI=1S/C22H33NO3.C21H31NO4.C19H18BrP.C17H25NO.C4H8O2/c1-17(13-14-23-21(24)26-22(2,3)4)19-11-8-12-20(15-19)25-16-18-9-6-5-7-10-18;1-21(2,3)26-20(24)22-13-12-19(23)17-10-7-11-18(14-17)25-15-16-8-5-4-6-9-16;1-21(20,17-11-5-2-6-12-17,18-13-7-3-8-14-18)19-15-9-4-10-16-19;1-14(10-11-18)16-8-5-9-17(12-16)19-13-15-6-3-2-4-7-15;1-3-6-4(2)5/h8,11-12,15,18H,1,5-7,9-10,13-14,16H2,2-4H3,(H,23,24);7,10-11,14,16H,4-6,8-9,12-13,15H2,1-3H3,(H,22,24);2-16H,1H3;5,8-9,12,15H,1-4,6-7,10-11,13,18H2;3H2,1-2H3. The predicted molar refractivity (Wildman–Crippen MR) is 412 cm³/mol. The second kappa shape index (κ2) is 42.6. The first-order chi connectivity index (χ1) is 46.8. The molecule has 3 fully saturated rings. The number of ketones is 1. The Balaban J connectivity index is 0.000000231. The average Bonchev–Trinajstić information content (AvgIpc) is 0.721. The van der Waals surface area contributed by atoms with E-state index in [4.69, 9.17) is 29.4 Å². The number of amides is 2. The predicted octanol–water partition coefficient (Wildman–Crippen LogP) is 19.3. The molecule has 15 heteroatoms. The summed E-state index contributed by atoms with van der Waals surface area (Å²) >= 11 is 4.24. The van der Waals surface area contributed by atoms with Gasteiger partial charge in [0.15, 0.2) is 5.78 Å². The van der Waals surface area contributed by atoms with E-state index in [0.717, 1.165) is 71.7 Å². The molecular weight excluding hydrogens is 1310 g/mol. The molecular formula is C83H115BrN3O10P. The Morgan fingerprint density at radius 1 is 0.480 bits per heavy atom. The molecule has 0 unspecified atom stereocenters. The van der Waals surface area contributed by atoms with Crippen molar-refractivity contribution in [1.29, 1.82) is 0 Å². The molecule has 4 N–H and O–H groups in total. The van der Waals surface area contributed by atoms with Crippen LogP contribution in [0.1, 0.15) is 192 Å². The van der Waals surface area contributed by atoms with Gasteiger partial charge in [0, 0.05) is 32.0 Å². The number of halogens is 1. The van der Waals surface area contributed by atoms with Crippen LogP contribution in [-0.4, -0.2) is 87.9 Å². The average molecular weight is 1430 g/mol. The van der Waals surface area contributed by atoms with Gasteiger partial charge in [0.05, 0.1) is 26.4 Å². The van der Waals surface area contributed by atoms with Crippen LogP contribution in [0.15, 0.2) is 177 Å². The van der Waals surface area contributed by atoms with E-state index >= 15 is 0 Å². The van der Waals surface area contributed by atoms with E-state index in [1.54, 1.807) is 39.8 Å². The number of rotatable bonds is 24. The van der Waals surface area contributed by atoms with Gasteiger partial charge in [0.1, 0.15) is 28.5 Å². The molecule has 3 aliphatic carbocycles. The van der Waals surface area contributed by atoms with E-state index in [2.05, 4.69) is 154 Å². The van der Waals surface area contributed by atoms with Gasteiger partial charge in [-0.15, -0.1) is 0 Å². The Morgan fingerprint density at radius 2 is 0.806 bits per heavy atom. The van der Waals surface area contributed by atoms with Gasteiger partial charge in [-0.05, 0) is 183 Å². The van der Waals surface area contributed by atoms with Crippen molar-refractivity contribution in [1.82, 2.24) is 10.6 Å². The summed E-state index contributed by atoms with van der Waals surface area (Å²) in [6.45, 7) is 29.0. The molecule has 0 aromatic heterocycles. The molecule has 0 radical (unpaired) electrons. The van der Waals surface area contributed by atoms with Crippen molar-refractivity contribution in [3.63, 3.8) is 0 Å². The number of ether oxygens (including phenoxy) is 6. The fraction of sp³-hybridized carbons (Fsp3) is 0.470. The zero-order valence-electron chi connectivity index (χ0n) is 60.4. The molecule has 6 aromatic rings. The Labute approximate surface area is 595 Å². The zero-order chi connectivity index (χ0) is 71.3. The SMILES string of the molecule is C=C(CCN)c1cccc(OCC2CCCCC2)c1.C=C(CCNC(=O)OC(C)(C)C)c1cccc(OCC2CCCCC2)c1.CC(C)(C)OC(=O)NCCC(=O)c1cccc(OCC2CCCCC2)c1.CCOC(C)=O.CP(Br)(c1ccccc1)(c1ccccc1)c1ccccc1. The van der Waals surface area contributed by atoms with Crippen LogP contribution in [0.5, 0.6) is 17.2 Å². The number of hydrogen-bond acceptors (Lipinski definition) is 11. The fourth-order valence-electron chi connectivity index (χ4n) is 11.9. The Kier molecular flexibility index (Phi) is 35.4. The van der Waals surface area contributed by atoms with Crippen LogP contribution >= 0.6 is 20.8 Å². The van der Waals surface area contributed by atoms with Crippen molar-refractivity contribution in [3.8, 4) is 17.2 Å². The summed E-state index contributed by atoms with van der Waals surface area (Å²) in [4.78, 5) is 45.4. The van der Waals surface area contributed by atoms with Crippen LogP contribution in [0.2, 0.25) is 0 Å². The quantitative estimate of drug-likeness (QED) is 0.0228. The number of esters is 1. The zero-order valence-corrected chi connectivity index (χ0v) is 62.9. The number of Topliss-reactive ketones (excluding diaryl/α,β-unsaturated/α-hetero) is 1. The first-order valence-corrected chi connectivity index (χ1v) is 40.3. The number of carbonyl (C=O) groups is 4. The summed E-state index contributed by atoms with van der Waals surface area (Å²) in [5, 5.41) is 6.86. The molecule has 98 heavy (non-hydrogen) atoms. The van der Waals surface area contributed by atoms with E-state index in [-0.39, 0.29) is 24.7 Å². The molecule has 2 amide bonds. The summed E-state index contributed by atoms with van der Waals surface area (Å²) in [5.41, 5.74) is 9.42. The topological polar surface area (TPSA) is 174 Å². The van der Waals surface area contributed by atoms with Crippen molar-refractivity contribution in [2.24, 2.45) is 23.5 Å². The van der Waals surface area contributed by atoms with Gasteiger partial charge >= 0.3 is 153 Å². The van der Waals surface area contributed by atoms with Crippen molar-refractivity contribution in [2.75, 3.05) is 52.7 Å². The first-order valence-electron chi connectivity index (χ1n) is 35.6. The van der Waals surface area contributed by atoms with Crippen LogP contribution in [0.3, 0.4) is 0 Å². The molecule has 0 bridgehead atoms. The maximum atomic E-state index is 12.3. The molecule has 6 aromatic carbocycles. The van der Waals surface area contributed by atoms with Crippen LogP contribution < -0.4 is 46.5 Å². The molecule has 0 aliphatic heterocycles. The van der Waals surface area contributed by atoms with E-state index in [0.29, 0.717) is 43.5 Å². The van der Waals surface area contributed by atoms with Gasteiger partial charge in [-0.3, -0.25) is 9.59 Å². The van der Waals surface area contributed by atoms with E-state index < -0.39 is 28.7 Å². The van der Waals surface area contributed by atoms with Crippen LogP contribution in [0, 0.1) is 17.8 Å². The van der Waals surface area contributed by atoms with Crippen molar-refractivity contribution < 1.29 is 47.6 Å². The maximum absolute atomic E-state index is 12.3. The Morgan fingerprint density at radius 3 is 1.12 bits per heavy atom. The Hall–Kier alpha value is -7.25. The minimum atomic E-state index is -2.56. The van der Waals surface area contributed by atoms with Crippen molar-refractivity contribution in [2.45, 2.75) is 182 Å². The summed E-state index contributed by atoms with van der Waals surface area (Å²) in [7, 11) is 0. The van der Waals surface area contributed by atoms with E-state index in [9.17, 15) is 19.2 Å². The van der Waals surface area contributed by atoms with Gasteiger partial charge in [-0.2, -0.15) is 0 Å². The molecule has 9 rings (SSSR count). The number of alkyl carbamates (subject to hydrolysis) is 2. The van der Waals surface area contributed by atoms with Crippen LogP contribution in [0.4, 0.5) is 9.59 Å². The number of nitrogens with one attached hydrogen (secondary N) is 2. The van der Waals surface area contributed by atoms with Crippen molar-refractivity contribution >= 4 is 71.8 Å². The summed E-state index contributed by atoms with van der Waals surface area (Å²) in [6.07, 6.45) is 20.6. The Bertz CT molecular complexity index is 3120. The molecule has 534 valence electrons. The second-order valence-electron chi connectivity index (χ2n) is 27.9. The third kappa shape index (κ3) is 30.5. The second-order valence-corrected chi connectivity index (χ2v) is 37.6. The van der Waals surface area contributed by atoms with Gasteiger partial charge in [-0.1, -0.05) is 107 Å². The normalized spacial score (nSPS) is 14.6. The number of hydrogen-bond donors (Lipinski definition) is 3. The van der Waals surface area contributed by atoms with Gasteiger partial charge in [0.2, 0.25) is 0 Å². The molecule has 3 aliphatic rings. The van der Waals surface area contributed by atoms with Gasteiger partial charge < -0.3 is 44.8 Å². The van der Waals surface area contributed by atoms with Gasteiger partial charge in [-0.25, -0.2) is 9.59 Å². The third-order valence-electron chi connectivity index (χ3n) is 17.3. The number of benzene rings is 6. The van der Waals surface area contributed by atoms with E-state index in [1.165, 1.54) is 119 Å². The van der Waals surface area contributed by atoms with Crippen LogP contribution in [0.25, 0.3) is 11.1 Å². The molecule has 0 spiro atoms. The molecule has 0 saturated heterocycles. The fourth-order valence-corrected chi connectivity index (χ4v) is 17.6. The number of nitrogens with two attached hydrogens (primary N) is 1. The number of carbonyl (C=O) groups excluding carboxylic acids is 4. The monoisotopic (exact) mass is 1420 g/mol. The van der Waals surface area contributed by atoms with Crippen LogP contribution in [-0.2, 0) is 19.0 Å². The molecule has 13 nitrogen and oxygen atoms in total. The molecule has 0 heterocycles. The summed E-state index contributed by atoms with van der Waals surface area (Å²) in [5.74, 6) is 4.41. The third-order valence-corrected chi connectivity index (χ3v) is 25.6.